The van der Waals surface area contributed by atoms with Gasteiger partial charge in [0.1, 0.15) is 5.69 Å². The predicted octanol–water partition coefficient (Wildman–Crippen LogP) is 2.73. The third-order valence-electron chi connectivity index (χ3n) is 3.56. The summed E-state index contributed by atoms with van der Waals surface area (Å²) < 4.78 is 0. The average Bonchev–Trinajstić information content (AvgIpc) is 2.92. The number of anilines is 1. The summed E-state index contributed by atoms with van der Waals surface area (Å²) in [5, 5.41) is 3.61. The Bertz CT molecular complexity index is 890. The molecule has 5 heteroatoms. The van der Waals surface area contributed by atoms with Crippen LogP contribution < -0.4 is 10.9 Å². The highest BCUT2D eigenvalue weighted by Gasteiger charge is 2.10. The van der Waals surface area contributed by atoms with E-state index in [2.05, 4.69) is 15.3 Å². The zero-order chi connectivity index (χ0) is 15.0. The number of aryl methyl sites for hydroxylation is 2. The lowest BCUT2D eigenvalue weighted by Crippen LogP contribution is -2.20. The molecule has 0 bridgehead atoms. The van der Waals surface area contributed by atoms with Gasteiger partial charge in [-0.15, -0.1) is 0 Å². The molecule has 5 nitrogen and oxygen atoms in total. The Balaban J connectivity index is 1.92. The van der Waals surface area contributed by atoms with Crippen molar-refractivity contribution >= 4 is 22.5 Å². The van der Waals surface area contributed by atoms with Crippen LogP contribution in [0.25, 0.3) is 10.9 Å². The van der Waals surface area contributed by atoms with Crippen molar-refractivity contribution in [3.05, 3.63) is 63.7 Å². The molecule has 2 heterocycles. The monoisotopic (exact) mass is 281 g/mol. The molecule has 0 saturated heterocycles. The number of aromatic nitrogens is 2. The first-order chi connectivity index (χ1) is 10.0. The molecule has 106 valence electrons. The van der Waals surface area contributed by atoms with E-state index in [0.29, 0.717) is 5.56 Å². The Kier molecular flexibility index (Phi) is 3.10. The number of aromatic amines is 2. The van der Waals surface area contributed by atoms with Crippen LogP contribution in [0.3, 0.4) is 0 Å². The third kappa shape index (κ3) is 2.45. The number of carbonyl (C=O) groups excluding carboxylic acids is 1. The number of H-pyrrole nitrogens is 2. The molecule has 3 N–H and O–H groups in total. The molecule has 0 aliphatic heterocycles. The van der Waals surface area contributed by atoms with E-state index in [9.17, 15) is 9.59 Å². The zero-order valence-electron chi connectivity index (χ0n) is 11.8. The average molecular weight is 281 g/mol. The van der Waals surface area contributed by atoms with E-state index < -0.39 is 0 Å². The van der Waals surface area contributed by atoms with Crippen LogP contribution in [0, 0.1) is 13.8 Å². The SMILES string of the molecule is Cc1cc(NC(=O)c2ccc3[nH]ccc3c2)c(=O)[nH]c1C. The number of hydrogen-bond acceptors (Lipinski definition) is 2. The number of hydrogen-bond donors (Lipinski definition) is 3. The number of amides is 1. The van der Waals surface area contributed by atoms with Crippen LogP contribution in [0.5, 0.6) is 0 Å². The van der Waals surface area contributed by atoms with Crippen LogP contribution in [0.15, 0.2) is 41.3 Å². The van der Waals surface area contributed by atoms with Gasteiger partial charge < -0.3 is 15.3 Å². The van der Waals surface area contributed by atoms with Crippen molar-refractivity contribution in [2.24, 2.45) is 0 Å². The summed E-state index contributed by atoms with van der Waals surface area (Å²) in [4.78, 5) is 29.9. The van der Waals surface area contributed by atoms with E-state index in [0.717, 1.165) is 22.2 Å². The summed E-state index contributed by atoms with van der Waals surface area (Å²) in [6.45, 7) is 3.70. The zero-order valence-corrected chi connectivity index (χ0v) is 11.8. The smallest absolute Gasteiger partial charge is 0.271 e. The Hall–Kier alpha value is -2.82. The lowest BCUT2D eigenvalue weighted by Gasteiger charge is -2.07. The van der Waals surface area contributed by atoms with Gasteiger partial charge in [0.2, 0.25) is 0 Å². The molecule has 0 radical (unpaired) electrons. The maximum absolute atomic E-state index is 12.3. The maximum Gasteiger partial charge on any atom is 0.271 e. The number of fused-ring (bicyclic) bond motifs is 1. The first-order valence-corrected chi connectivity index (χ1v) is 6.63. The van der Waals surface area contributed by atoms with Gasteiger partial charge in [-0.3, -0.25) is 9.59 Å². The van der Waals surface area contributed by atoms with Gasteiger partial charge in [-0.05, 0) is 49.7 Å². The van der Waals surface area contributed by atoms with Crippen molar-refractivity contribution in [3.8, 4) is 0 Å². The van der Waals surface area contributed by atoms with E-state index in [-0.39, 0.29) is 17.2 Å². The van der Waals surface area contributed by atoms with Crippen molar-refractivity contribution in [1.29, 1.82) is 0 Å². The molecule has 0 atom stereocenters. The van der Waals surface area contributed by atoms with Crippen molar-refractivity contribution in [3.63, 3.8) is 0 Å². The van der Waals surface area contributed by atoms with Gasteiger partial charge in [-0.1, -0.05) is 0 Å². The minimum Gasteiger partial charge on any atom is -0.361 e. The van der Waals surface area contributed by atoms with Crippen LogP contribution in [-0.2, 0) is 0 Å². The Morgan fingerprint density at radius 1 is 1.14 bits per heavy atom. The second-order valence-corrected chi connectivity index (χ2v) is 5.05. The van der Waals surface area contributed by atoms with Crippen LogP contribution >= 0.6 is 0 Å². The van der Waals surface area contributed by atoms with Gasteiger partial charge in [0.15, 0.2) is 0 Å². The lowest BCUT2D eigenvalue weighted by atomic mass is 10.1. The van der Waals surface area contributed by atoms with Crippen molar-refractivity contribution in [2.45, 2.75) is 13.8 Å². The number of pyridine rings is 1. The molecule has 0 aliphatic carbocycles. The number of rotatable bonds is 2. The Morgan fingerprint density at radius 3 is 2.76 bits per heavy atom. The minimum absolute atomic E-state index is 0.261. The fourth-order valence-electron chi connectivity index (χ4n) is 2.21. The quantitative estimate of drug-likeness (QED) is 0.675. The van der Waals surface area contributed by atoms with Crippen LogP contribution in [-0.4, -0.2) is 15.9 Å². The summed E-state index contributed by atoms with van der Waals surface area (Å²) in [7, 11) is 0. The normalized spacial score (nSPS) is 10.8. The molecule has 3 rings (SSSR count). The van der Waals surface area contributed by atoms with Gasteiger partial charge in [0.25, 0.3) is 11.5 Å². The predicted molar refractivity (Wildman–Crippen MR) is 82.8 cm³/mol. The first kappa shape index (κ1) is 13.2. The molecule has 0 spiro atoms. The Morgan fingerprint density at radius 2 is 1.95 bits per heavy atom. The number of benzene rings is 1. The van der Waals surface area contributed by atoms with E-state index in [4.69, 9.17) is 0 Å². The first-order valence-electron chi connectivity index (χ1n) is 6.63. The van der Waals surface area contributed by atoms with Gasteiger partial charge in [-0.25, -0.2) is 0 Å². The summed E-state index contributed by atoms with van der Waals surface area (Å²) in [5.74, 6) is -0.299. The van der Waals surface area contributed by atoms with E-state index in [1.807, 2.05) is 32.2 Å². The molecule has 0 saturated carbocycles. The summed E-state index contributed by atoms with van der Waals surface area (Å²) in [6.07, 6.45) is 1.82. The number of carbonyl (C=O) groups is 1. The fraction of sp³-hybridized carbons (Fsp3) is 0.125. The highest BCUT2D eigenvalue weighted by molar-refractivity contribution is 6.06. The molecule has 0 unspecified atom stereocenters. The Labute approximate surface area is 121 Å². The topological polar surface area (TPSA) is 77.8 Å². The third-order valence-corrected chi connectivity index (χ3v) is 3.56. The van der Waals surface area contributed by atoms with Gasteiger partial charge in [-0.2, -0.15) is 0 Å². The molecule has 3 aromatic rings. The van der Waals surface area contributed by atoms with Crippen molar-refractivity contribution in [1.82, 2.24) is 9.97 Å². The molecule has 0 fully saturated rings. The second-order valence-electron chi connectivity index (χ2n) is 5.05. The summed E-state index contributed by atoms with van der Waals surface area (Å²) >= 11 is 0. The highest BCUT2D eigenvalue weighted by atomic mass is 16.2. The highest BCUT2D eigenvalue weighted by Crippen LogP contribution is 2.15. The summed E-state index contributed by atoms with van der Waals surface area (Å²) in [5.41, 5.74) is 3.17. The number of nitrogens with one attached hydrogen (secondary N) is 3. The lowest BCUT2D eigenvalue weighted by molar-refractivity contribution is 0.102. The van der Waals surface area contributed by atoms with Crippen molar-refractivity contribution in [2.75, 3.05) is 5.32 Å². The largest absolute Gasteiger partial charge is 0.361 e. The molecule has 21 heavy (non-hydrogen) atoms. The molecule has 2 aromatic heterocycles. The maximum atomic E-state index is 12.3. The van der Waals surface area contributed by atoms with Gasteiger partial charge >= 0.3 is 0 Å². The van der Waals surface area contributed by atoms with Crippen LogP contribution in [0.1, 0.15) is 21.6 Å². The van der Waals surface area contributed by atoms with E-state index in [1.165, 1.54) is 0 Å². The van der Waals surface area contributed by atoms with E-state index >= 15 is 0 Å². The second kappa shape index (κ2) is 4.94. The van der Waals surface area contributed by atoms with Crippen molar-refractivity contribution < 1.29 is 4.79 Å². The standard InChI is InChI=1S/C16H15N3O2/c1-9-7-14(16(21)18-10(9)2)19-15(20)12-3-4-13-11(8-12)5-6-17-13/h3-8,17H,1-2H3,(H,18,21)(H,19,20). The van der Waals surface area contributed by atoms with Gasteiger partial charge in [0.05, 0.1) is 0 Å². The minimum atomic E-state index is -0.299. The summed E-state index contributed by atoms with van der Waals surface area (Å²) in [6, 6.07) is 8.94. The fourth-order valence-corrected chi connectivity index (χ4v) is 2.21. The van der Waals surface area contributed by atoms with Gasteiger partial charge in [0, 0.05) is 28.4 Å². The molecule has 0 aliphatic rings. The molecule has 1 aromatic carbocycles. The molecule has 1 amide bonds. The van der Waals surface area contributed by atoms with Crippen LogP contribution in [0.4, 0.5) is 5.69 Å². The van der Waals surface area contributed by atoms with E-state index in [1.54, 1.807) is 18.2 Å². The molecular formula is C16H15N3O2. The molecular weight excluding hydrogens is 266 g/mol. The van der Waals surface area contributed by atoms with Crippen LogP contribution in [0.2, 0.25) is 0 Å².